The fourth-order valence-corrected chi connectivity index (χ4v) is 3.20. The molecule has 0 atom stereocenters. The average Bonchev–Trinajstić information content (AvgIpc) is 2.85. The van der Waals surface area contributed by atoms with Crippen molar-refractivity contribution in [2.24, 2.45) is 12.0 Å². The Morgan fingerprint density at radius 1 is 1.47 bits per heavy atom. The van der Waals surface area contributed by atoms with E-state index in [1.54, 1.807) is 11.8 Å². The number of aromatic nitrogens is 2. The average molecular weight is 252 g/mol. The van der Waals surface area contributed by atoms with Gasteiger partial charge in [0.25, 0.3) is 0 Å². The van der Waals surface area contributed by atoms with Crippen LogP contribution in [-0.2, 0) is 7.05 Å². The number of aryl methyl sites for hydroxylation is 2. The molecular weight excluding hydrogens is 232 g/mol. The van der Waals surface area contributed by atoms with E-state index in [2.05, 4.69) is 24.3 Å². The second-order valence-electron chi connectivity index (χ2n) is 4.56. The van der Waals surface area contributed by atoms with Gasteiger partial charge < -0.3 is 5.32 Å². The standard InChI is InChI=1S/C12H20N4S/c1-5-12(6-2)8-17-11(14-12)13-10-7-9(3)16(4)15-10/h7H,5-6,8H2,1-4H3,(H,13,14,15). The van der Waals surface area contributed by atoms with Crippen molar-refractivity contribution in [3.8, 4) is 0 Å². The van der Waals surface area contributed by atoms with Crippen LogP contribution in [0.5, 0.6) is 0 Å². The maximum atomic E-state index is 4.81. The number of anilines is 1. The van der Waals surface area contributed by atoms with Gasteiger partial charge in [-0.25, -0.2) is 0 Å². The van der Waals surface area contributed by atoms with E-state index in [1.165, 1.54) is 0 Å². The van der Waals surface area contributed by atoms with Gasteiger partial charge in [0, 0.05) is 24.6 Å². The third-order valence-electron chi connectivity index (χ3n) is 3.48. The molecule has 0 saturated carbocycles. The zero-order valence-electron chi connectivity index (χ0n) is 10.9. The largest absolute Gasteiger partial charge is 0.318 e. The normalized spacial score (nSPS) is 18.2. The van der Waals surface area contributed by atoms with Crippen LogP contribution in [0.25, 0.3) is 0 Å². The second kappa shape index (κ2) is 4.72. The van der Waals surface area contributed by atoms with Gasteiger partial charge in [-0.3, -0.25) is 9.67 Å². The molecule has 2 heterocycles. The first-order valence-electron chi connectivity index (χ1n) is 6.09. The first-order valence-corrected chi connectivity index (χ1v) is 7.07. The molecule has 1 aliphatic heterocycles. The number of thioether (sulfide) groups is 1. The summed E-state index contributed by atoms with van der Waals surface area (Å²) < 4.78 is 1.87. The lowest BCUT2D eigenvalue weighted by Crippen LogP contribution is -2.24. The summed E-state index contributed by atoms with van der Waals surface area (Å²) in [6.45, 7) is 6.47. The number of nitrogens with zero attached hydrogens (tertiary/aromatic N) is 3. The Morgan fingerprint density at radius 2 is 2.18 bits per heavy atom. The van der Waals surface area contributed by atoms with Crippen LogP contribution in [0.3, 0.4) is 0 Å². The van der Waals surface area contributed by atoms with Crippen LogP contribution in [0.4, 0.5) is 5.82 Å². The van der Waals surface area contributed by atoms with Crippen LogP contribution in [-0.4, -0.2) is 26.2 Å². The summed E-state index contributed by atoms with van der Waals surface area (Å²) in [7, 11) is 1.95. The Kier molecular flexibility index (Phi) is 3.47. The molecule has 0 unspecified atom stereocenters. The van der Waals surface area contributed by atoms with Crippen molar-refractivity contribution >= 4 is 22.7 Å². The van der Waals surface area contributed by atoms with Crippen molar-refractivity contribution in [2.75, 3.05) is 11.1 Å². The van der Waals surface area contributed by atoms with Crippen molar-refractivity contribution in [3.63, 3.8) is 0 Å². The van der Waals surface area contributed by atoms with Crippen LogP contribution < -0.4 is 5.32 Å². The summed E-state index contributed by atoms with van der Waals surface area (Å²) in [6.07, 6.45) is 2.20. The van der Waals surface area contributed by atoms with Crippen LogP contribution in [0.1, 0.15) is 32.4 Å². The fourth-order valence-electron chi connectivity index (χ4n) is 1.89. The molecule has 1 aromatic rings. The van der Waals surface area contributed by atoms with E-state index < -0.39 is 0 Å². The number of aliphatic imine (C=N–C) groups is 1. The van der Waals surface area contributed by atoms with Gasteiger partial charge in [0.05, 0.1) is 5.54 Å². The Bertz CT molecular complexity index is 412. The molecule has 17 heavy (non-hydrogen) atoms. The van der Waals surface area contributed by atoms with Gasteiger partial charge in [-0.05, 0) is 19.8 Å². The maximum Gasteiger partial charge on any atom is 0.162 e. The molecular formula is C12H20N4S. The quantitative estimate of drug-likeness (QED) is 0.899. The van der Waals surface area contributed by atoms with E-state index in [0.717, 1.165) is 35.3 Å². The first kappa shape index (κ1) is 12.5. The van der Waals surface area contributed by atoms with Gasteiger partial charge in [-0.15, -0.1) is 0 Å². The summed E-state index contributed by atoms with van der Waals surface area (Å²) in [5.74, 6) is 1.97. The van der Waals surface area contributed by atoms with Crippen LogP contribution in [0.15, 0.2) is 11.1 Å². The Morgan fingerprint density at radius 3 is 2.65 bits per heavy atom. The summed E-state index contributed by atoms with van der Waals surface area (Å²) in [6, 6.07) is 2.04. The third kappa shape index (κ3) is 2.49. The van der Waals surface area contributed by atoms with Crippen molar-refractivity contribution in [1.29, 1.82) is 0 Å². The van der Waals surface area contributed by atoms with E-state index in [0.29, 0.717) is 0 Å². The summed E-state index contributed by atoms with van der Waals surface area (Å²) in [5, 5.41) is 8.70. The van der Waals surface area contributed by atoms with Crippen molar-refractivity contribution in [3.05, 3.63) is 11.8 Å². The lowest BCUT2D eigenvalue weighted by atomic mass is 9.97. The molecule has 0 saturated heterocycles. The van der Waals surface area contributed by atoms with Gasteiger partial charge >= 0.3 is 0 Å². The predicted octanol–water partition coefficient (Wildman–Crippen LogP) is 2.80. The monoisotopic (exact) mass is 252 g/mol. The SMILES string of the molecule is CCC1(CC)CSC(Nc2cc(C)n(C)n2)=N1. The summed E-state index contributed by atoms with van der Waals surface area (Å²) >= 11 is 1.80. The van der Waals surface area contributed by atoms with Crippen molar-refractivity contribution in [1.82, 2.24) is 9.78 Å². The Balaban J connectivity index is 2.10. The van der Waals surface area contributed by atoms with Gasteiger partial charge in [0.1, 0.15) is 0 Å². The molecule has 0 radical (unpaired) electrons. The Labute approximate surface area is 107 Å². The zero-order valence-corrected chi connectivity index (χ0v) is 11.8. The molecule has 0 fully saturated rings. The van der Waals surface area contributed by atoms with Crippen LogP contribution in [0.2, 0.25) is 0 Å². The highest BCUT2D eigenvalue weighted by molar-refractivity contribution is 8.14. The van der Waals surface area contributed by atoms with E-state index >= 15 is 0 Å². The molecule has 0 spiro atoms. The topological polar surface area (TPSA) is 42.2 Å². The molecule has 94 valence electrons. The molecule has 0 bridgehead atoms. The minimum Gasteiger partial charge on any atom is -0.318 e. The van der Waals surface area contributed by atoms with Gasteiger partial charge in [-0.2, -0.15) is 5.10 Å². The van der Waals surface area contributed by atoms with Crippen molar-refractivity contribution < 1.29 is 0 Å². The lowest BCUT2D eigenvalue weighted by molar-refractivity contribution is 0.456. The highest BCUT2D eigenvalue weighted by Gasteiger charge is 2.32. The highest BCUT2D eigenvalue weighted by atomic mass is 32.2. The predicted molar refractivity (Wildman–Crippen MR) is 74.8 cm³/mol. The minimum absolute atomic E-state index is 0.136. The number of hydrogen-bond donors (Lipinski definition) is 1. The van der Waals surface area contributed by atoms with Crippen LogP contribution in [0, 0.1) is 6.92 Å². The Hall–Kier alpha value is -0.970. The number of rotatable bonds is 3. The highest BCUT2D eigenvalue weighted by Crippen LogP contribution is 2.33. The molecule has 1 aromatic heterocycles. The minimum atomic E-state index is 0.136. The molecule has 2 rings (SSSR count). The zero-order chi connectivity index (χ0) is 12.5. The summed E-state index contributed by atoms with van der Waals surface area (Å²) in [4.78, 5) is 4.81. The smallest absolute Gasteiger partial charge is 0.162 e. The van der Waals surface area contributed by atoms with Gasteiger partial charge in [0.2, 0.25) is 0 Å². The third-order valence-corrected chi connectivity index (χ3v) is 4.63. The number of amidine groups is 1. The molecule has 1 aliphatic rings. The molecule has 1 N–H and O–H groups in total. The van der Waals surface area contributed by atoms with E-state index in [4.69, 9.17) is 4.99 Å². The maximum absolute atomic E-state index is 4.81. The lowest BCUT2D eigenvalue weighted by Gasteiger charge is -2.20. The molecule has 0 aromatic carbocycles. The van der Waals surface area contributed by atoms with E-state index in [1.807, 2.05) is 24.7 Å². The first-order chi connectivity index (χ1) is 8.08. The second-order valence-corrected chi connectivity index (χ2v) is 5.52. The summed E-state index contributed by atoms with van der Waals surface area (Å²) in [5.41, 5.74) is 1.28. The number of hydrogen-bond acceptors (Lipinski definition) is 4. The molecule has 4 nitrogen and oxygen atoms in total. The number of nitrogens with one attached hydrogen (secondary N) is 1. The van der Waals surface area contributed by atoms with Gasteiger partial charge in [0.15, 0.2) is 11.0 Å². The molecule has 0 aliphatic carbocycles. The van der Waals surface area contributed by atoms with E-state index in [-0.39, 0.29) is 5.54 Å². The van der Waals surface area contributed by atoms with E-state index in [9.17, 15) is 0 Å². The molecule has 5 heteroatoms. The van der Waals surface area contributed by atoms with Crippen molar-refractivity contribution in [2.45, 2.75) is 39.2 Å². The molecule has 0 amide bonds. The van der Waals surface area contributed by atoms with Crippen LogP contribution >= 0.6 is 11.8 Å². The van der Waals surface area contributed by atoms with Gasteiger partial charge in [-0.1, -0.05) is 25.6 Å². The fraction of sp³-hybridized carbons (Fsp3) is 0.667.